The molecule has 3 aromatic rings. The lowest BCUT2D eigenvalue weighted by Crippen LogP contribution is -2.12. The van der Waals surface area contributed by atoms with Gasteiger partial charge in [0.25, 0.3) is 0 Å². The molecule has 0 N–H and O–H groups in total. The lowest BCUT2D eigenvalue weighted by atomic mass is 10.1. The molecule has 0 unspecified atom stereocenters. The highest BCUT2D eigenvalue weighted by atomic mass is 35.5. The fourth-order valence-electron chi connectivity index (χ4n) is 2.33. The van der Waals surface area contributed by atoms with Crippen molar-refractivity contribution in [2.45, 2.75) is 13.5 Å². The van der Waals surface area contributed by atoms with Gasteiger partial charge in [-0.3, -0.25) is 0 Å². The topological polar surface area (TPSA) is 48.4 Å². The summed E-state index contributed by atoms with van der Waals surface area (Å²) in [4.78, 5) is 16.8. The van der Waals surface area contributed by atoms with E-state index in [0.717, 1.165) is 10.9 Å². The summed E-state index contributed by atoms with van der Waals surface area (Å²) >= 11 is 5.87. The van der Waals surface area contributed by atoms with E-state index in [1.807, 2.05) is 24.3 Å². The van der Waals surface area contributed by atoms with E-state index in [2.05, 4.69) is 4.98 Å². The number of pyridine rings is 1. The van der Waals surface area contributed by atoms with Crippen LogP contribution in [0.3, 0.4) is 0 Å². The quantitative estimate of drug-likeness (QED) is 0.634. The number of rotatable bonds is 5. The summed E-state index contributed by atoms with van der Waals surface area (Å²) in [5, 5.41) is 1.52. The van der Waals surface area contributed by atoms with Crippen LogP contribution in [0, 0.1) is 0 Å². The van der Waals surface area contributed by atoms with Crippen LogP contribution in [0.4, 0.5) is 0 Å². The zero-order valence-corrected chi connectivity index (χ0v) is 13.9. The molecule has 1 aromatic heterocycles. The molecule has 0 fully saturated rings. The molecule has 5 heteroatoms. The van der Waals surface area contributed by atoms with Gasteiger partial charge in [-0.2, -0.15) is 0 Å². The van der Waals surface area contributed by atoms with Crippen molar-refractivity contribution >= 4 is 28.5 Å². The molecule has 0 amide bonds. The Morgan fingerprint density at radius 1 is 1.12 bits per heavy atom. The Morgan fingerprint density at radius 2 is 1.88 bits per heavy atom. The Kier molecular flexibility index (Phi) is 4.96. The minimum absolute atomic E-state index is 0.167. The second-order valence-corrected chi connectivity index (χ2v) is 5.57. The highest BCUT2D eigenvalue weighted by Gasteiger charge is 2.16. The van der Waals surface area contributed by atoms with Crippen LogP contribution in [0.1, 0.15) is 23.0 Å². The van der Waals surface area contributed by atoms with Crippen molar-refractivity contribution in [1.82, 2.24) is 4.98 Å². The number of carbonyl (C=O) groups is 1. The molecule has 1 heterocycles. The van der Waals surface area contributed by atoms with Crippen molar-refractivity contribution in [1.29, 1.82) is 0 Å². The average Bonchev–Trinajstić information content (AvgIpc) is 2.60. The van der Waals surface area contributed by atoms with Crippen LogP contribution in [0.15, 0.2) is 54.6 Å². The van der Waals surface area contributed by atoms with E-state index in [-0.39, 0.29) is 6.61 Å². The number of aromatic nitrogens is 1. The molecule has 3 rings (SSSR count). The molecule has 0 atom stereocenters. The summed E-state index contributed by atoms with van der Waals surface area (Å²) in [6, 6.07) is 16.5. The molecule has 0 radical (unpaired) electrons. The Morgan fingerprint density at radius 3 is 2.62 bits per heavy atom. The first-order valence-corrected chi connectivity index (χ1v) is 7.99. The summed E-state index contributed by atoms with van der Waals surface area (Å²) < 4.78 is 10.9. The van der Waals surface area contributed by atoms with Crippen molar-refractivity contribution in [3.8, 4) is 5.75 Å². The van der Waals surface area contributed by atoms with Gasteiger partial charge in [-0.1, -0.05) is 29.8 Å². The van der Waals surface area contributed by atoms with Crippen LogP contribution >= 0.6 is 11.6 Å². The SMILES string of the molecule is CCOC(=O)c1cc2ccccc2nc1COc1ccc(Cl)cc1. The maximum Gasteiger partial charge on any atom is 0.340 e. The normalized spacial score (nSPS) is 10.6. The Bertz CT molecular complexity index is 862. The smallest absolute Gasteiger partial charge is 0.340 e. The highest BCUT2D eigenvalue weighted by Crippen LogP contribution is 2.21. The van der Waals surface area contributed by atoms with E-state index in [9.17, 15) is 4.79 Å². The third kappa shape index (κ3) is 3.66. The van der Waals surface area contributed by atoms with Crippen LogP contribution < -0.4 is 4.74 Å². The van der Waals surface area contributed by atoms with Crippen LogP contribution in [0.5, 0.6) is 5.75 Å². The second-order valence-electron chi connectivity index (χ2n) is 5.14. The van der Waals surface area contributed by atoms with Crippen molar-refractivity contribution in [3.63, 3.8) is 0 Å². The molecule has 4 nitrogen and oxygen atoms in total. The molecule has 0 aliphatic rings. The zero-order chi connectivity index (χ0) is 16.9. The van der Waals surface area contributed by atoms with Crippen LogP contribution in [0.25, 0.3) is 10.9 Å². The molecule has 0 saturated carbocycles. The third-order valence-corrected chi connectivity index (χ3v) is 3.74. The fourth-order valence-corrected chi connectivity index (χ4v) is 2.46. The van der Waals surface area contributed by atoms with E-state index in [1.54, 1.807) is 37.3 Å². The Balaban J connectivity index is 1.92. The van der Waals surface area contributed by atoms with Gasteiger partial charge in [0.05, 0.1) is 23.4 Å². The summed E-state index contributed by atoms with van der Waals surface area (Å²) in [6.07, 6.45) is 0. The van der Waals surface area contributed by atoms with E-state index >= 15 is 0 Å². The maximum absolute atomic E-state index is 12.2. The Labute approximate surface area is 145 Å². The molecule has 0 bridgehead atoms. The second kappa shape index (κ2) is 7.32. The lowest BCUT2D eigenvalue weighted by Gasteiger charge is -2.11. The largest absolute Gasteiger partial charge is 0.487 e. The standard InChI is InChI=1S/C19H16ClNO3/c1-2-23-19(22)16-11-13-5-3-4-6-17(13)21-18(16)12-24-15-9-7-14(20)8-10-15/h3-11H,2,12H2,1H3. The maximum atomic E-state index is 12.2. The van der Waals surface area contributed by atoms with Gasteiger partial charge in [0.2, 0.25) is 0 Å². The van der Waals surface area contributed by atoms with E-state index in [0.29, 0.717) is 28.6 Å². The third-order valence-electron chi connectivity index (χ3n) is 3.49. The van der Waals surface area contributed by atoms with Crippen molar-refractivity contribution < 1.29 is 14.3 Å². The van der Waals surface area contributed by atoms with Gasteiger partial charge in [-0.05, 0) is 43.3 Å². The molecule has 0 aliphatic heterocycles. The first-order valence-electron chi connectivity index (χ1n) is 7.61. The predicted molar refractivity (Wildman–Crippen MR) is 93.5 cm³/mol. The number of fused-ring (bicyclic) bond motifs is 1. The van der Waals surface area contributed by atoms with Crippen molar-refractivity contribution in [2.24, 2.45) is 0 Å². The number of ether oxygens (including phenoxy) is 2. The van der Waals surface area contributed by atoms with Crippen LogP contribution in [-0.4, -0.2) is 17.6 Å². The summed E-state index contributed by atoms with van der Waals surface area (Å²) in [6.45, 7) is 2.25. The number of esters is 1. The molecular formula is C19H16ClNO3. The van der Waals surface area contributed by atoms with Gasteiger partial charge in [0, 0.05) is 10.4 Å². The van der Waals surface area contributed by atoms with E-state index < -0.39 is 5.97 Å². The molecule has 122 valence electrons. The van der Waals surface area contributed by atoms with Gasteiger partial charge in [0.1, 0.15) is 12.4 Å². The summed E-state index contributed by atoms with van der Waals surface area (Å²) in [5.74, 6) is 0.259. The van der Waals surface area contributed by atoms with Crippen LogP contribution in [-0.2, 0) is 11.3 Å². The predicted octanol–water partition coefficient (Wildman–Crippen LogP) is 4.64. The zero-order valence-electron chi connectivity index (χ0n) is 13.2. The number of hydrogen-bond acceptors (Lipinski definition) is 4. The van der Waals surface area contributed by atoms with Crippen LogP contribution in [0.2, 0.25) is 5.02 Å². The molecular weight excluding hydrogens is 326 g/mol. The number of benzene rings is 2. The number of nitrogens with zero attached hydrogens (tertiary/aromatic N) is 1. The van der Waals surface area contributed by atoms with E-state index in [1.165, 1.54) is 0 Å². The molecule has 24 heavy (non-hydrogen) atoms. The lowest BCUT2D eigenvalue weighted by molar-refractivity contribution is 0.0523. The number of halogens is 1. The summed E-state index contributed by atoms with van der Waals surface area (Å²) in [5.41, 5.74) is 1.77. The monoisotopic (exact) mass is 341 g/mol. The van der Waals surface area contributed by atoms with Crippen molar-refractivity contribution in [2.75, 3.05) is 6.61 Å². The summed E-state index contributed by atoms with van der Waals surface area (Å²) in [7, 11) is 0. The molecule has 0 spiro atoms. The van der Waals surface area contributed by atoms with Gasteiger partial charge < -0.3 is 9.47 Å². The average molecular weight is 342 g/mol. The number of para-hydroxylation sites is 1. The van der Waals surface area contributed by atoms with E-state index in [4.69, 9.17) is 21.1 Å². The van der Waals surface area contributed by atoms with Gasteiger partial charge in [0.15, 0.2) is 0 Å². The minimum atomic E-state index is -0.398. The van der Waals surface area contributed by atoms with Gasteiger partial charge in [-0.15, -0.1) is 0 Å². The number of hydrogen-bond donors (Lipinski definition) is 0. The highest BCUT2D eigenvalue weighted by molar-refractivity contribution is 6.30. The first-order chi connectivity index (χ1) is 11.7. The fraction of sp³-hybridized carbons (Fsp3) is 0.158. The van der Waals surface area contributed by atoms with Gasteiger partial charge >= 0.3 is 5.97 Å². The minimum Gasteiger partial charge on any atom is -0.487 e. The number of carbonyl (C=O) groups excluding carboxylic acids is 1. The molecule has 2 aromatic carbocycles. The van der Waals surface area contributed by atoms with Gasteiger partial charge in [-0.25, -0.2) is 9.78 Å². The van der Waals surface area contributed by atoms with Crippen molar-refractivity contribution in [3.05, 3.63) is 70.9 Å². The first kappa shape index (κ1) is 16.3. The molecule has 0 saturated heterocycles. The molecule has 0 aliphatic carbocycles. The Hall–Kier alpha value is -2.59.